The van der Waals surface area contributed by atoms with Crippen LogP contribution in [0, 0.1) is 0 Å². The third kappa shape index (κ3) is 26.3. The van der Waals surface area contributed by atoms with Crippen LogP contribution < -0.4 is 32.3 Å². The summed E-state index contributed by atoms with van der Waals surface area (Å²) in [5.74, 6) is -3.06. The second kappa shape index (κ2) is 32.3. The van der Waals surface area contributed by atoms with E-state index in [1.165, 1.54) is 19.1 Å². The predicted octanol–water partition coefficient (Wildman–Crippen LogP) is -1.34. The fourth-order valence-electron chi connectivity index (χ4n) is 4.98. The van der Waals surface area contributed by atoms with E-state index in [4.69, 9.17) is 38.9 Å². The molecule has 0 radical (unpaired) electrons. The Balaban J connectivity index is 1.40. The highest BCUT2D eigenvalue weighted by atomic mass is 16.6. The van der Waals surface area contributed by atoms with Gasteiger partial charge in [-0.1, -0.05) is 12.1 Å². The fraction of sp³-hybridized carbons (Fsp3) is 0.590. The molecule has 0 fully saturated rings. The smallest absolute Gasteiger partial charge is 0.312 e. The van der Waals surface area contributed by atoms with Crippen molar-refractivity contribution in [3.63, 3.8) is 0 Å². The molecule has 0 aromatic heterocycles. The monoisotopic (exact) mass is 865 g/mol. The van der Waals surface area contributed by atoms with Crippen LogP contribution in [-0.2, 0) is 73.3 Å². The van der Waals surface area contributed by atoms with Crippen molar-refractivity contribution in [3.8, 4) is 0 Å². The maximum Gasteiger partial charge on any atom is 0.312 e. The molecule has 1 aromatic rings. The molecule has 22 heteroatoms. The van der Waals surface area contributed by atoms with E-state index in [0.717, 1.165) is 10.5 Å². The third-order valence-corrected chi connectivity index (χ3v) is 8.10. The summed E-state index contributed by atoms with van der Waals surface area (Å²) >= 11 is 0. The van der Waals surface area contributed by atoms with Crippen molar-refractivity contribution < 1.29 is 71.5 Å². The highest BCUT2D eigenvalue weighted by Gasteiger charge is 2.24. The van der Waals surface area contributed by atoms with Gasteiger partial charge < -0.3 is 65.5 Å². The Bertz CT molecular complexity index is 1540. The lowest BCUT2D eigenvalue weighted by Gasteiger charge is -2.19. The number of imide groups is 1. The van der Waals surface area contributed by atoms with Gasteiger partial charge >= 0.3 is 12.0 Å². The first kappa shape index (κ1) is 51.6. The highest BCUT2D eigenvalue weighted by molar-refractivity contribution is 6.13. The second-order valence-electron chi connectivity index (χ2n) is 13.0. The summed E-state index contributed by atoms with van der Waals surface area (Å²) in [4.78, 5) is 95.7. The minimum absolute atomic E-state index is 0.00233. The number of carbonyl (C=O) groups is 8. The molecule has 2 rings (SSSR count). The molecular weight excluding hydrogens is 806 g/mol. The van der Waals surface area contributed by atoms with Crippen molar-refractivity contribution in [2.45, 2.75) is 45.3 Å². The van der Waals surface area contributed by atoms with E-state index >= 15 is 0 Å². The number of amides is 8. The second-order valence-corrected chi connectivity index (χ2v) is 13.0. The number of hydrogen-bond donors (Lipinski definition) is 6. The summed E-state index contributed by atoms with van der Waals surface area (Å²) in [6.45, 7) is 5.41. The number of ether oxygens (including phenoxy) is 7. The zero-order valence-corrected chi connectivity index (χ0v) is 34.5. The Morgan fingerprint density at radius 1 is 0.639 bits per heavy atom. The van der Waals surface area contributed by atoms with E-state index in [0.29, 0.717) is 84.7 Å². The van der Waals surface area contributed by atoms with Crippen molar-refractivity contribution in [2.75, 3.05) is 111 Å². The fourth-order valence-corrected chi connectivity index (χ4v) is 4.98. The molecule has 8 amide bonds. The van der Waals surface area contributed by atoms with E-state index < -0.39 is 47.6 Å². The number of nitrogens with two attached hydrogens (primary N) is 1. The highest BCUT2D eigenvalue weighted by Crippen LogP contribution is 2.12. The van der Waals surface area contributed by atoms with Crippen LogP contribution >= 0.6 is 0 Å². The Morgan fingerprint density at radius 3 is 1.70 bits per heavy atom. The number of primary amides is 1. The number of nitrogens with zero attached hydrogens (tertiary/aromatic N) is 1. The lowest BCUT2D eigenvalue weighted by atomic mass is 10.1. The first-order valence-corrected chi connectivity index (χ1v) is 19.8. The van der Waals surface area contributed by atoms with Crippen LogP contribution in [0.5, 0.6) is 0 Å². The van der Waals surface area contributed by atoms with Gasteiger partial charge in [0, 0.05) is 57.2 Å². The minimum Gasteiger partial charge on any atom is -0.461 e. The van der Waals surface area contributed by atoms with Crippen molar-refractivity contribution >= 4 is 53.1 Å². The maximum absolute atomic E-state index is 13.0. The van der Waals surface area contributed by atoms with E-state index in [1.807, 2.05) is 0 Å². The standard InChI is InChI=1S/C39H59N7O15/c1-29(47)61-28-30-4-6-31(7-5-30)44-38(53)32(3-2-12-42-39(40)54)45-35(50)27-43-34(49)11-15-55-17-19-57-21-23-59-25-26-60-24-22-58-20-18-56-16-13-41-33(48)10-14-46-36(51)8-9-37(46)52/h4-9,32H,2-3,10-28H2,1H3,(H,41,48)(H,43,49)(H,44,53)(H,45,50)(H3,40,42,54)/t32-/m0/s1. The Morgan fingerprint density at radius 2 is 1.16 bits per heavy atom. The zero-order chi connectivity index (χ0) is 44.5. The van der Waals surface area contributed by atoms with Gasteiger partial charge in [0.25, 0.3) is 11.8 Å². The molecule has 0 spiro atoms. The van der Waals surface area contributed by atoms with Crippen molar-refractivity contribution in [1.29, 1.82) is 0 Å². The molecular formula is C39H59N7O15. The van der Waals surface area contributed by atoms with E-state index in [2.05, 4.69) is 26.6 Å². The van der Waals surface area contributed by atoms with Crippen LogP contribution in [0.4, 0.5) is 10.5 Å². The molecule has 0 bridgehead atoms. The first-order valence-electron chi connectivity index (χ1n) is 19.8. The summed E-state index contributed by atoms with van der Waals surface area (Å²) in [6.07, 6.45) is 2.89. The average molecular weight is 866 g/mol. The summed E-state index contributed by atoms with van der Waals surface area (Å²) in [7, 11) is 0. The van der Waals surface area contributed by atoms with Gasteiger partial charge in [0.2, 0.25) is 23.6 Å². The number of rotatable bonds is 35. The van der Waals surface area contributed by atoms with Gasteiger partial charge in [-0.25, -0.2) is 4.79 Å². The average Bonchev–Trinajstić information content (AvgIpc) is 3.55. The molecule has 0 saturated heterocycles. The number of hydrogen-bond acceptors (Lipinski definition) is 15. The topological polar surface area (TPSA) is 291 Å². The van der Waals surface area contributed by atoms with Gasteiger partial charge in [-0.3, -0.25) is 38.5 Å². The molecule has 1 heterocycles. The lowest BCUT2D eigenvalue weighted by molar-refractivity contribution is -0.142. The van der Waals surface area contributed by atoms with Crippen LogP contribution in [0.3, 0.4) is 0 Å². The molecule has 1 atom stereocenters. The van der Waals surface area contributed by atoms with Gasteiger partial charge in [-0.2, -0.15) is 0 Å². The summed E-state index contributed by atoms with van der Waals surface area (Å²) < 4.78 is 37.5. The Hall–Kier alpha value is -5.52. The molecule has 1 aliphatic heterocycles. The first-order chi connectivity index (χ1) is 29.4. The largest absolute Gasteiger partial charge is 0.461 e. The van der Waals surface area contributed by atoms with E-state index in [1.54, 1.807) is 24.3 Å². The van der Waals surface area contributed by atoms with Gasteiger partial charge in [0.15, 0.2) is 0 Å². The quantitative estimate of drug-likeness (QED) is 0.0262. The molecule has 0 aliphatic carbocycles. The SMILES string of the molecule is CC(=O)OCc1ccc(NC(=O)[C@H](CCCNC(N)=O)NC(=O)CNC(=O)CCOCCOCCOCCOCCOCCOCCNC(=O)CCN2C(=O)C=CC2=O)cc1. The van der Waals surface area contributed by atoms with Crippen LogP contribution in [0.25, 0.3) is 0 Å². The van der Waals surface area contributed by atoms with Crippen LogP contribution in [0.2, 0.25) is 0 Å². The molecule has 7 N–H and O–H groups in total. The molecule has 1 aliphatic rings. The van der Waals surface area contributed by atoms with Gasteiger partial charge in [0.05, 0.1) is 85.8 Å². The Labute approximate surface area is 354 Å². The number of urea groups is 1. The van der Waals surface area contributed by atoms with Crippen LogP contribution in [0.1, 0.15) is 38.2 Å². The van der Waals surface area contributed by atoms with Gasteiger partial charge in [-0.05, 0) is 30.5 Å². The number of benzene rings is 1. The van der Waals surface area contributed by atoms with Gasteiger partial charge in [0.1, 0.15) is 12.6 Å². The number of carbonyl (C=O) groups excluding carboxylic acids is 8. The van der Waals surface area contributed by atoms with E-state index in [9.17, 15) is 38.4 Å². The van der Waals surface area contributed by atoms with Crippen LogP contribution in [0.15, 0.2) is 36.4 Å². The Kier molecular flexibility index (Phi) is 27.3. The zero-order valence-electron chi connectivity index (χ0n) is 34.5. The minimum atomic E-state index is -0.977. The van der Waals surface area contributed by atoms with Gasteiger partial charge in [-0.15, -0.1) is 0 Å². The lowest BCUT2D eigenvalue weighted by Crippen LogP contribution is -2.47. The van der Waals surface area contributed by atoms with E-state index in [-0.39, 0.29) is 64.6 Å². The third-order valence-electron chi connectivity index (χ3n) is 8.10. The predicted molar refractivity (Wildman–Crippen MR) is 215 cm³/mol. The molecule has 0 unspecified atom stereocenters. The van der Waals surface area contributed by atoms with Crippen molar-refractivity contribution in [2.24, 2.45) is 5.73 Å². The summed E-state index contributed by atoms with van der Waals surface area (Å²) in [5.41, 5.74) is 6.26. The van der Waals surface area contributed by atoms with Crippen molar-refractivity contribution in [1.82, 2.24) is 26.2 Å². The molecule has 0 saturated carbocycles. The summed E-state index contributed by atoms with van der Waals surface area (Å²) in [6, 6.07) is 4.92. The van der Waals surface area contributed by atoms with Crippen molar-refractivity contribution in [3.05, 3.63) is 42.0 Å². The molecule has 22 nitrogen and oxygen atoms in total. The maximum atomic E-state index is 13.0. The molecule has 61 heavy (non-hydrogen) atoms. The molecule has 1 aromatic carbocycles. The number of nitrogens with one attached hydrogen (secondary N) is 5. The summed E-state index contributed by atoms with van der Waals surface area (Å²) in [5, 5.41) is 12.9. The number of anilines is 1. The molecule has 340 valence electrons. The van der Waals surface area contributed by atoms with Crippen LogP contribution in [-0.4, -0.2) is 164 Å². The normalized spacial score (nSPS) is 12.5. The number of esters is 1.